The summed E-state index contributed by atoms with van der Waals surface area (Å²) < 4.78 is 14.1. The molecule has 0 fully saturated rings. The molecule has 3 unspecified atom stereocenters. The minimum absolute atomic E-state index is 0.206. The van der Waals surface area contributed by atoms with Crippen molar-refractivity contribution < 1.29 is 4.39 Å². The molecule has 0 amide bonds. The van der Waals surface area contributed by atoms with Gasteiger partial charge in [-0.15, -0.1) is 0 Å². The first-order chi connectivity index (χ1) is 5.86. The fraction of sp³-hybridized carbons (Fsp3) is 1.00. The molecule has 0 heterocycles. The van der Waals surface area contributed by atoms with Gasteiger partial charge in [-0.3, -0.25) is 0 Å². The molecule has 0 radical (unpaired) electrons. The summed E-state index contributed by atoms with van der Waals surface area (Å²) in [4.78, 5) is 0. The molecule has 0 rings (SSSR count). The van der Waals surface area contributed by atoms with Crippen molar-refractivity contribution in [2.45, 2.75) is 60.1 Å². The van der Waals surface area contributed by atoms with Gasteiger partial charge in [0.2, 0.25) is 0 Å². The molecule has 0 aliphatic rings. The first-order valence-electron chi connectivity index (χ1n) is 5.55. The van der Waals surface area contributed by atoms with Crippen LogP contribution in [0.25, 0.3) is 0 Å². The Labute approximate surface area is 82.9 Å². The summed E-state index contributed by atoms with van der Waals surface area (Å²) in [5.41, 5.74) is -0.988. The smallest absolute Gasteiger partial charge is 0.111 e. The van der Waals surface area contributed by atoms with E-state index in [2.05, 4.69) is 27.7 Å². The topological polar surface area (TPSA) is 0 Å². The third-order valence-corrected chi connectivity index (χ3v) is 3.59. The number of rotatable bonds is 5. The second kappa shape index (κ2) is 4.97. The Bertz CT molecular complexity index is 138. The number of halogens is 1. The van der Waals surface area contributed by atoms with Crippen LogP contribution in [-0.4, -0.2) is 5.67 Å². The van der Waals surface area contributed by atoms with Crippen molar-refractivity contribution in [2.75, 3.05) is 0 Å². The maximum atomic E-state index is 14.1. The standard InChI is InChI=1S/C12H25F/c1-7-11(10(5)9(3)4)12(6,13)8-2/h9-11H,7-8H2,1-6H3. The maximum absolute atomic E-state index is 14.1. The monoisotopic (exact) mass is 188 g/mol. The summed E-state index contributed by atoms with van der Waals surface area (Å²) in [5, 5.41) is 0. The van der Waals surface area contributed by atoms with Gasteiger partial charge in [-0.05, 0) is 31.1 Å². The van der Waals surface area contributed by atoms with Gasteiger partial charge in [0.15, 0.2) is 0 Å². The van der Waals surface area contributed by atoms with Crippen molar-refractivity contribution in [1.82, 2.24) is 0 Å². The quantitative estimate of drug-likeness (QED) is 0.598. The summed E-state index contributed by atoms with van der Waals surface area (Å²) in [6.07, 6.45) is 1.57. The van der Waals surface area contributed by atoms with Crippen LogP contribution in [0, 0.1) is 17.8 Å². The highest BCUT2D eigenvalue weighted by Gasteiger charge is 2.35. The van der Waals surface area contributed by atoms with E-state index in [1.54, 1.807) is 6.92 Å². The third-order valence-electron chi connectivity index (χ3n) is 3.59. The highest BCUT2D eigenvalue weighted by atomic mass is 19.1. The summed E-state index contributed by atoms with van der Waals surface area (Å²) in [5.74, 6) is 1.25. The van der Waals surface area contributed by atoms with E-state index in [0.717, 1.165) is 6.42 Å². The molecule has 0 bridgehead atoms. The molecule has 0 spiro atoms. The first kappa shape index (κ1) is 12.9. The van der Waals surface area contributed by atoms with Gasteiger partial charge in [0.25, 0.3) is 0 Å². The van der Waals surface area contributed by atoms with Crippen LogP contribution in [0.2, 0.25) is 0 Å². The molecule has 0 aromatic heterocycles. The average molecular weight is 188 g/mol. The van der Waals surface area contributed by atoms with E-state index >= 15 is 0 Å². The minimum atomic E-state index is -0.988. The van der Waals surface area contributed by atoms with Gasteiger partial charge in [0.05, 0.1) is 0 Å². The molecule has 13 heavy (non-hydrogen) atoms. The molecule has 0 saturated heterocycles. The normalized spacial score (nSPS) is 21.2. The predicted molar refractivity (Wildman–Crippen MR) is 57.6 cm³/mol. The van der Waals surface area contributed by atoms with E-state index in [9.17, 15) is 4.39 Å². The van der Waals surface area contributed by atoms with Crippen molar-refractivity contribution in [3.63, 3.8) is 0 Å². The van der Waals surface area contributed by atoms with E-state index in [1.165, 1.54) is 0 Å². The van der Waals surface area contributed by atoms with E-state index < -0.39 is 5.67 Å². The lowest BCUT2D eigenvalue weighted by Crippen LogP contribution is -2.35. The molecular formula is C12H25F. The second-order valence-electron chi connectivity index (χ2n) is 4.75. The van der Waals surface area contributed by atoms with Gasteiger partial charge >= 0.3 is 0 Å². The largest absolute Gasteiger partial charge is 0.244 e. The maximum Gasteiger partial charge on any atom is 0.111 e. The van der Waals surface area contributed by atoms with Crippen molar-refractivity contribution in [2.24, 2.45) is 17.8 Å². The van der Waals surface area contributed by atoms with Gasteiger partial charge in [-0.25, -0.2) is 4.39 Å². The molecule has 80 valence electrons. The van der Waals surface area contributed by atoms with Crippen molar-refractivity contribution >= 4 is 0 Å². The van der Waals surface area contributed by atoms with Crippen LogP contribution in [-0.2, 0) is 0 Å². The molecule has 0 aromatic carbocycles. The summed E-state index contributed by atoms with van der Waals surface area (Å²) >= 11 is 0. The number of hydrogen-bond acceptors (Lipinski definition) is 0. The van der Waals surface area contributed by atoms with E-state index in [0.29, 0.717) is 18.3 Å². The third kappa shape index (κ3) is 3.28. The lowest BCUT2D eigenvalue weighted by Gasteiger charge is -2.35. The van der Waals surface area contributed by atoms with Gasteiger partial charge in [-0.1, -0.05) is 41.0 Å². The van der Waals surface area contributed by atoms with Crippen molar-refractivity contribution in [3.8, 4) is 0 Å². The van der Waals surface area contributed by atoms with Crippen LogP contribution in [0.3, 0.4) is 0 Å². The second-order valence-corrected chi connectivity index (χ2v) is 4.75. The molecular weight excluding hydrogens is 163 g/mol. The zero-order valence-electron chi connectivity index (χ0n) is 10.0. The van der Waals surface area contributed by atoms with Gasteiger partial charge in [-0.2, -0.15) is 0 Å². The SMILES string of the molecule is CCC(C(C)C(C)C)C(C)(F)CC. The molecule has 0 nitrogen and oxygen atoms in total. The Morgan fingerprint density at radius 2 is 1.62 bits per heavy atom. The average Bonchev–Trinajstić information content (AvgIpc) is 2.05. The zero-order valence-corrected chi connectivity index (χ0v) is 10.0. The van der Waals surface area contributed by atoms with Crippen molar-refractivity contribution in [3.05, 3.63) is 0 Å². The van der Waals surface area contributed by atoms with Gasteiger partial charge < -0.3 is 0 Å². The minimum Gasteiger partial charge on any atom is -0.244 e. The Morgan fingerprint density at radius 3 is 1.85 bits per heavy atom. The summed E-state index contributed by atoms with van der Waals surface area (Å²) in [6, 6.07) is 0. The van der Waals surface area contributed by atoms with Crippen molar-refractivity contribution in [1.29, 1.82) is 0 Å². The molecule has 0 aromatic rings. The summed E-state index contributed by atoms with van der Waals surface area (Å²) in [6.45, 7) is 12.3. The van der Waals surface area contributed by atoms with E-state index in [1.807, 2.05) is 6.92 Å². The Kier molecular flexibility index (Phi) is 4.95. The lowest BCUT2D eigenvalue weighted by atomic mass is 9.74. The molecule has 3 atom stereocenters. The van der Waals surface area contributed by atoms with Crippen LogP contribution in [0.1, 0.15) is 54.4 Å². The van der Waals surface area contributed by atoms with Crippen LogP contribution in [0.4, 0.5) is 4.39 Å². The lowest BCUT2D eigenvalue weighted by molar-refractivity contribution is 0.0431. The van der Waals surface area contributed by atoms with Crippen LogP contribution >= 0.6 is 0 Å². The highest BCUT2D eigenvalue weighted by Crippen LogP contribution is 2.37. The highest BCUT2D eigenvalue weighted by molar-refractivity contribution is 4.84. The Hall–Kier alpha value is -0.0700. The van der Waals surface area contributed by atoms with Gasteiger partial charge in [0, 0.05) is 0 Å². The number of alkyl halides is 1. The zero-order chi connectivity index (χ0) is 10.6. The fourth-order valence-electron chi connectivity index (χ4n) is 2.07. The van der Waals surface area contributed by atoms with Crippen LogP contribution in [0.5, 0.6) is 0 Å². The van der Waals surface area contributed by atoms with Gasteiger partial charge in [0.1, 0.15) is 5.67 Å². The van der Waals surface area contributed by atoms with Crippen LogP contribution in [0.15, 0.2) is 0 Å². The molecule has 0 aliphatic carbocycles. The molecule has 1 heteroatoms. The van der Waals surface area contributed by atoms with E-state index in [-0.39, 0.29) is 5.92 Å². The predicted octanol–water partition coefficient (Wildman–Crippen LogP) is 4.44. The fourth-order valence-corrected chi connectivity index (χ4v) is 2.07. The first-order valence-corrected chi connectivity index (χ1v) is 5.55. The Balaban J connectivity index is 4.49. The molecule has 0 aliphatic heterocycles. The molecule has 0 N–H and O–H groups in total. The molecule has 0 saturated carbocycles. The van der Waals surface area contributed by atoms with Crippen LogP contribution < -0.4 is 0 Å². The number of hydrogen-bond donors (Lipinski definition) is 0. The Morgan fingerprint density at radius 1 is 1.15 bits per heavy atom. The summed E-state index contributed by atoms with van der Waals surface area (Å²) in [7, 11) is 0. The van der Waals surface area contributed by atoms with E-state index in [4.69, 9.17) is 0 Å².